The summed E-state index contributed by atoms with van der Waals surface area (Å²) in [7, 11) is 0. The number of guanidine groups is 1. The standard InChI is InChI=1S/C34H35ClF5N9O3/c1-32(2,3)12-13-44-30(41)48(29(50)21-6-4-20(5-7-21)24-17-42-14-15-43-24)26(18-52-31(51)47-33(10-11-33)34(38,39)40)22-8-9-23(35)25(16-22)49-28(27(36)37)45-19-46-49/h4-9,14-17,19,26-27H,10-13,18H2,1-3H3,(H2,41,44)(H,47,51)/t26-/m1/s1. The minimum atomic E-state index is -4.73. The number of hydrogen-bond acceptors (Lipinski definition) is 8. The van der Waals surface area contributed by atoms with Crippen LogP contribution in [0.15, 0.2) is 67.4 Å². The minimum Gasteiger partial charge on any atom is -0.447 e. The molecule has 1 saturated carbocycles. The number of hydrogen-bond donors (Lipinski definition) is 3. The zero-order chi connectivity index (χ0) is 37.8. The summed E-state index contributed by atoms with van der Waals surface area (Å²) in [5.41, 5.74) is -1.31. The highest BCUT2D eigenvalue weighted by atomic mass is 35.5. The Hall–Kier alpha value is -5.19. The summed E-state index contributed by atoms with van der Waals surface area (Å²) in [4.78, 5) is 40.1. The zero-order valence-corrected chi connectivity index (χ0v) is 29.0. The lowest BCUT2D eigenvalue weighted by Crippen LogP contribution is -2.50. The number of amides is 2. The van der Waals surface area contributed by atoms with Gasteiger partial charge in [-0.25, -0.2) is 23.2 Å². The molecule has 0 bridgehead atoms. The van der Waals surface area contributed by atoms with Crippen molar-refractivity contribution in [3.05, 3.63) is 89.4 Å². The Morgan fingerprint density at radius 1 is 1.08 bits per heavy atom. The van der Waals surface area contributed by atoms with E-state index in [2.05, 4.69) is 25.4 Å². The summed E-state index contributed by atoms with van der Waals surface area (Å²) in [6, 6.07) is 8.86. The van der Waals surface area contributed by atoms with E-state index in [-0.39, 0.29) is 46.6 Å². The summed E-state index contributed by atoms with van der Waals surface area (Å²) in [5.74, 6) is -1.92. The first-order valence-corrected chi connectivity index (χ1v) is 16.4. The van der Waals surface area contributed by atoms with Crippen molar-refractivity contribution in [3.8, 4) is 16.9 Å². The summed E-state index contributed by atoms with van der Waals surface area (Å²) < 4.78 is 74.7. The lowest BCUT2D eigenvalue weighted by Gasteiger charge is -2.33. The van der Waals surface area contributed by atoms with Gasteiger partial charge in [-0.3, -0.25) is 25.1 Å². The average Bonchev–Trinajstić information content (AvgIpc) is 3.72. The highest BCUT2D eigenvalue weighted by molar-refractivity contribution is 6.32. The number of halogens is 6. The van der Waals surface area contributed by atoms with Crippen LogP contribution in [0.5, 0.6) is 0 Å². The molecule has 276 valence electrons. The third-order valence-electron chi connectivity index (χ3n) is 8.29. The van der Waals surface area contributed by atoms with Crippen molar-refractivity contribution in [2.75, 3.05) is 13.2 Å². The van der Waals surface area contributed by atoms with Crippen LogP contribution >= 0.6 is 11.6 Å². The summed E-state index contributed by atoms with van der Waals surface area (Å²) in [6.45, 7) is 5.43. The Morgan fingerprint density at radius 2 is 1.79 bits per heavy atom. The van der Waals surface area contributed by atoms with Crippen molar-refractivity contribution in [2.45, 2.75) is 64.2 Å². The molecule has 1 fully saturated rings. The molecular formula is C34H35ClF5N9O3. The number of carbonyl (C=O) groups is 2. The SMILES string of the molecule is CC(C)(C)CCNC(=N)N(C(=O)c1ccc(-c2cnccn2)cc1)[C@H](COC(=O)NC1(C(F)(F)F)CC1)c1ccc(Cl)c(-n2ncnc2C(F)F)c1. The monoisotopic (exact) mass is 747 g/mol. The molecule has 4 aromatic rings. The van der Waals surface area contributed by atoms with Crippen molar-refractivity contribution >= 4 is 29.6 Å². The van der Waals surface area contributed by atoms with E-state index < -0.39 is 54.6 Å². The molecule has 0 radical (unpaired) electrons. The fraction of sp³-hybridized carbons (Fsp3) is 0.382. The molecule has 1 aliphatic carbocycles. The molecule has 2 aromatic heterocycles. The van der Waals surface area contributed by atoms with Gasteiger partial charge in [0.05, 0.1) is 28.6 Å². The van der Waals surface area contributed by atoms with E-state index in [9.17, 15) is 31.5 Å². The number of rotatable bonds is 11. The summed E-state index contributed by atoms with van der Waals surface area (Å²) >= 11 is 6.42. The predicted molar refractivity (Wildman–Crippen MR) is 180 cm³/mol. The lowest BCUT2D eigenvalue weighted by molar-refractivity contribution is -0.164. The van der Waals surface area contributed by atoms with Crippen LogP contribution in [0.25, 0.3) is 16.9 Å². The molecule has 5 rings (SSSR count). The van der Waals surface area contributed by atoms with Gasteiger partial charge in [0.2, 0.25) is 0 Å². The zero-order valence-electron chi connectivity index (χ0n) is 28.2. The molecule has 2 heterocycles. The van der Waals surface area contributed by atoms with Gasteiger partial charge in [-0.2, -0.15) is 18.3 Å². The smallest absolute Gasteiger partial charge is 0.411 e. The molecule has 0 spiro atoms. The molecule has 0 aliphatic heterocycles. The van der Waals surface area contributed by atoms with Gasteiger partial charge >= 0.3 is 12.3 Å². The first kappa shape index (κ1) is 38.1. The second-order valence-corrected chi connectivity index (χ2v) is 13.7. The van der Waals surface area contributed by atoms with Gasteiger partial charge in [-0.1, -0.05) is 50.6 Å². The van der Waals surface area contributed by atoms with E-state index in [1.807, 2.05) is 26.1 Å². The molecular weight excluding hydrogens is 713 g/mol. The third kappa shape index (κ3) is 8.81. The third-order valence-corrected chi connectivity index (χ3v) is 8.61. The number of nitrogens with one attached hydrogen (secondary N) is 3. The maximum absolute atomic E-state index is 14.4. The Morgan fingerprint density at radius 3 is 2.38 bits per heavy atom. The molecule has 0 unspecified atom stereocenters. The largest absolute Gasteiger partial charge is 0.447 e. The van der Waals surface area contributed by atoms with E-state index in [1.165, 1.54) is 48.9 Å². The first-order chi connectivity index (χ1) is 24.5. The molecule has 1 atom stereocenters. The number of alkyl halides is 5. The number of ether oxygens (including phenoxy) is 1. The number of carbonyl (C=O) groups excluding carboxylic acids is 2. The van der Waals surface area contributed by atoms with Crippen molar-refractivity contribution in [3.63, 3.8) is 0 Å². The number of aromatic nitrogens is 5. The highest BCUT2D eigenvalue weighted by Gasteiger charge is 2.64. The topological polar surface area (TPSA) is 151 Å². The Bertz CT molecular complexity index is 1900. The van der Waals surface area contributed by atoms with E-state index in [0.717, 1.165) is 15.9 Å². The van der Waals surface area contributed by atoms with Crippen LogP contribution in [0.4, 0.5) is 26.7 Å². The second kappa shape index (κ2) is 15.2. The normalized spacial score (nSPS) is 14.4. The molecule has 52 heavy (non-hydrogen) atoms. The van der Waals surface area contributed by atoms with Gasteiger partial charge in [0.25, 0.3) is 12.3 Å². The maximum atomic E-state index is 14.4. The summed E-state index contributed by atoms with van der Waals surface area (Å²) in [6.07, 6.45) is -3.83. The van der Waals surface area contributed by atoms with Crippen molar-refractivity contribution in [2.24, 2.45) is 5.41 Å². The van der Waals surface area contributed by atoms with Gasteiger partial charge in [0.1, 0.15) is 18.5 Å². The van der Waals surface area contributed by atoms with E-state index >= 15 is 0 Å². The van der Waals surface area contributed by atoms with E-state index in [4.69, 9.17) is 21.7 Å². The molecule has 1 aliphatic rings. The summed E-state index contributed by atoms with van der Waals surface area (Å²) in [5, 5.41) is 17.7. The van der Waals surface area contributed by atoms with E-state index in [0.29, 0.717) is 17.7 Å². The molecule has 3 N–H and O–H groups in total. The number of nitrogens with zero attached hydrogens (tertiary/aromatic N) is 6. The number of benzene rings is 2. The highest BCUT2D eigenvalue weighted by Crippen LogP contribution is 2.49. The molecule has 2 amide bonds. The molecule has 18 heteroatoms. The lowest BCUT2D eigenvalue weighted by atomic mass is 9.92. The van der Waals surface area contributed by atoms with Crippen LogP contribution < -0.4 is 10.6 Å². The maximum Gasteiger partial charge on any atom is 0.411 e. The van der Waals surface area contributed by atoms with Gasteiger partial charge in [0.15, 0.2) is 11.8 Å². The van der Waals surface area contributed by atoms with Crippen LogP contribution in [0.3, 0.4) is 0 Å². The van der Waals surface area contributed by atoms with Crippen molar-refractivity contribution in [1.82, 2.24) is 40.3 Å². The van der Waals surface area contributed by atoms with Gasteiger partial charge in [-0.15, -0.1) is 0 Å². The minimum absolute atomic E-state index is 0.0368. The predicted octanol–water partition coefficient (Wildman–Crippen LogP) is 7.28. The molecule has 0 saturated heterocycles. The van der Waals surface area contributed by atoms with E-state index in [1.54, 1.807) is 12.1 Å². The van der Waals surface area contributed by atoms with Crippen molar-refractivity contribution < 1.29 is 36.3 Å². The second-order valence-electron chi connectivity index (χ2n) is 13.3. The molecule has 12 nitrogen and oxygen atoms in total. The van der Waals surface area contributed by atoms with Crippen LogP contribution in [-0.4, -0.2) is 72.5 Å². The fourth-order valence-electron chi connectivity index (χ4n) is 5.21. The van der Waals surface area contributed by atoms with Gasteiger partial charge in [0, 0.05) is 30.1 Å². The fourth-order valence-corrected chi connectivity index (χ4v) is 5.40. The molecule has 2 aromatic carbocycles. The Kier molecular flexibility index (Phi) is 11.1. The van der Waals surface area contributed by atoms with Crippen LogP contribution in [0, 0.1) is 10.8 Å². The van der Waals surface area contributed by atoms with Crippen molar-refractivity contribution in [1.29, 1.82) is 5.41 Å². The quantitative estimate of drug-likeness (QED) is 0.0823. The number of alkyl carbamates (subject to hydrolysis) is 1. The van der Waals surface area contributed by atoms with Crippen LogP contribution in [0.2, 0.25) is 5.02 Å². The van der Waals surface area contributed by atoms with Crippen LogP contribution in [0.1, 0.15) is 74.2 Å². The first-order valence-electron chi connectivity index (χ1n) is 16.0. The van der Waals surface area contributed by atoms with Gasteiger partial charge in [-0.05, 0) is 54.5 Å². The Labute approximate surface area is 300 Å². The van der Waals surface area contributed by atoms with Gasteiger partial charge < -0.3 is 15.4 Å². The Balaban J connectivity index is 1.56. The van der Waals surface area contributed by atoms with Crippen LogP contribution in [-0.2, 0) is 4.74 Å². The average molecular weight is 748 g/mol.